The average Bonchev–Trinajstić information content (AvgIpc) is 3.52. The number of hydrogen-bond acceptors (Lipinski definition) is 4. The van der Waals surface area contributed by atoms with Gasteiger partial charge in [0.2, 0.25) is 0 Å². The zero-order chi connectivity index (χ0) is 20.4. The maximum atomic E-state index is 13.0. The maximum absolute atomic E-state index is 13.0. The molecule has 0 saturated heterocycles. The monoisotopic (exact) mass is 418 g/mol. The summed E-state index contributed by atoms with van der Waals surface area (Å²) in [4.78, 5) is 0.729. The molecule has 28 heavy (non-hydrogen) atoms. The van der Waals surface area contributed by atoms with Crippen LogP contribution in [0.25, 0.3) is 0 Å². The van der Waals surface area contributed by atoms with Gasteiger partial charge in [0.15, 0.2) is 19.7 Å². The van der Waals surface area contributed by atoms with Crippen LogP contribution in [-0.2, 0) is 26.1 Å². The fraction of sp³-hybridized carbons (Fsp3) is 0.455. The molecule has 4 atom stereocenters. The highest BCUT2D eigenvalue weighted by atomic mass is 32.2. The van der Waals surface area contributed by atoms with Crippen LogP contribution in [0.4, 0.5) is 0 Å². The van der Waals surface area contributed by atoms with Gasteiger partial charge >= 0.3 is 0 Å². The fourth-order valence-corrected chi connectivity index (χ4v) is 8.23. The Kier molecular flexibility index (Phi) is 4.33. The SMILES string of the molecule is C[C@H]1C[C@]1(C)S(=O)(=O)c1ccc(C[C@H]2C[C@]2(C)S(=O)(=O)c2ccccc2)cc1. The third kappa shape index (κ3) is 2.84. The van der Waals surface area contributed by atoms with E-state index in [-0.39, 0.29) is 11.8 Å². The van der Waals surface area contributed by atoms with Crippen LogP contribution in [-0.4, -0.2) is 26.3 Å². The van der Waals surface area contributed by atoms with E-state index in [0.29, 0.717) is 29.1 Å². The highest BCUT2D eigenvalue weighted by Crippen LogP contribution is 2.54. The summed E-state index contributed by atoms with van der Waals surface area (Å²) in [6.07, 6.45) is 1.96. The van der Waals surface area contributed by atoms with Crippen molar-refractivity contribution < 1.29 is 16.8 Å². The lowest BCUT2D eigenvalue weighted by molar-refractivity contribution is 0.573. The minimum absolute atomic E-state index is 0.0427. The van der Waals surface area contributed by atoms with Gasteiger partial charge in [0.05, 0.1) is 19.3 Å². The second kappa shape index (κ2) is 6.17. The van der Waals surface area contributed by atoms with Crippen molar-refractivity contribution >= 4 is 19.7 Å². The molecule has 6 heteroatoms. The molecule has 150 valence electrons. The zero-order valence-corrected chi connectivity index (χ0v) is 18.1. The summed E-state index contributed by atoms with van der Waals surface area (Å²) in [6, 6.07) is 15.6. The third-order valence-corrected chi connectivity index (χ3v) is 12.3. The first-order chi connectivity index (χ1) is 13.0. The van der Waals surface area contributed by atoms with Crippen LogP contribution in [0.1, 0.15) is 39.2 Å². The van der Waals surface area contributed by atoms with E-state index in [2.05, 4.69) is 0 Å². The van der Waals surface area contributed by atoms with E-state index in [1.54, 1.807) is 36.4 Å². The highest BCUT2D eigenvalue weighted by molar-refractivity contribution is 7.93. The second-order valence-corrected chi connectivity index (χ2v) is 13.6. The van der Waals surface area contributed by atoms with Gasteiger partial charge in [-0.3, -0.25) is 0 Å². The Morgan fingerprint density at radius 3 is 1.82 bits per heavy atom. The fourth-order valence-electron chi connectivity index (χ4n) is 4.20. The summed E-state index contributed by atoms with van der Waals surface area (Å²) in [5.74, 6) is 0.230. The quantitative estimate of drug-likeness (QED) is 0.710. The van der Waals surface area contributed by atoms with Gasteiger partial charge in [0.1, 0.15) is 0 Å². The third-order valence-electron chi connectivity index (χ3n) is 6.95. The Morgan fingerprint density at radius 1 is 0.786 bits per heavy atom. The Bertz CT molecular complexity index is 1100. The van der Waals surface area contributed by atoms with Gasteiger partial charge in [-0.05, 0) is 74.8 Å². The van der Waals surface area contributed by atoms with Crippen molar-refractivity contribution in [2.24, 2.45) is 11.8 Å². The van der Waals surface area contributed by atoms with Crippen LogP contribution in [0, 0.1) is 11.8 Å². The number of rotatable bonds is 6. The molecule has 0 spiro atoms. The standard InChI is InChI=1S/C22H26O4S2/c1-16-14-21(16,2)27(23,24)20-11-9-17(10-12-20)13-18-15-22(18,3)28(25,26)19-7-5-4-6-8-19/h4-12,16,18H,13-15H2,1-3H3/t16-,18-,21-,22-/m0/s1. The lowest BCUT2D eigenvalue weighted by atomic mass is 10.1. The van der Waals surface area contributed by atoms with Gasteiger partial charge in [0.25, 0.3) is 0 Å². The van der Waals surface area contributed by atoms with Crippen molar-refractivity contribution in [2.45, 2.75) is 59.3 Å². The predicted octanol–water partition coefficient (Wildman–Crippen LogP) is 4.05. The minimum atomic E-state index is -3.38. The molecule has 2 aliphatic rings. The lowest BCUT2D eigenvalue weighted by Crippen LogP contribution is -2.23. The molecule has 2 saturated carbocycles. The van der Waals surface area contributed by atoms with Crippen LogP contribution in [0.5, 0.6) is 0 Å². The molecule has 2 aliphatic carbocycles. The van der Waals surface area contributed by atoms with Crippen molar-refractivity contribution in [1.29, 1.82) is 0 Å². The Hall–Kier alpha value is -1.66. The molecule has 0 unspecified atom stereocenters. The Balaban J connectivity index is 1.50. The van der Waals surface area contributed by atoms with Crippen LogP contribution in [0.2, 0.25) is 0 Å². The molecule has 0 aromatic heterocycles. The van der Waals surface area contributed by atoms with E-state index in [1.165, 1.54) is 0 Å². The van der Waals surface area contributed by atoms with Crippen LogP contribution in [0.3, 0.4) is 0 Å². The molecule has 0 bridgehead atoms. The average molecular weight is 419 g/mol. The second-order valence-electron chi connectivity index (χ2n) is 8.80. The van der Waals surface area contributed by atoms with Crippen molar-refractivity contribution in [3.8, 4) is 0 Å². The summed E-state index contributed by atoms with van der Waals surface area (Å²) in [5, 5.41) is 0. The molecule has 4 nitrogen and oxygen atoms in total. The smallest absolute Gasteiger partial charge is 0.184 e. The molecule has 0 radical (unpaired) electrons. The molecular formula is C22H26O4S2. The maximum Gasteiger partial charge on any atom is 0.184 e. The molecule has 0 amide bonds. The molecule has 2 aromatic rings. The van der Waals surface area contributed by atoms with E-state index in [4.69, 9.17) is 0 Å². The Labute approximate surface area is 167 Å². The lowest BCUT2D eigenvalue weighted by Gasteiger charge is -2.14. The molecule has 4 rings (SSSR count). The van der Waals surface area contributed by atoms with Gasteiger partial charge in [-0.1, -0.05) is 37.3 Å². The van der Waals surface area contributed by atoms with Crippen LogP contribution in [0.15, 0.2) is 64.4 Å². The summed E-state index contributed by atoms with van der Waals surface area (Å²) >= 11 is 0. The van der Waals surface area contributed by atoms with E-state index >= 15 is 0 Å². The zero-order valence-electron chi connectivity index (χ0n) is 16.4. The first-order valence-electron chi connectivity index (χ1n) is 9.66. The normalized spacial score (nSPS) is 32.1. The molecular weight excluding hydrogens is 392 g/mol. The van der Waals surface area contributed by atoms with Gasteiger partial charge in [0, 0.05) is 0 Å². The van der Waals surface area contributed by atoms with Crippen molar-refractivity contribution in [3.05, 3.63) is 60.2 Å². The van der Waals surface area contributed by atoms with Crippen molar-refractivity contribution in [2.75, 3.05) is 0 Å². The number of sulfone groups is 2. The molecule has 2 aromatic carbocycles. The first kappa shape index (κ1) is 19.6. The predicted molar refractivity (Wildman–Crippen MR) is 110 cm³/mol. The summed E-state index contributed by atoms with van der Waals surface area (Å²) in [6.45, 7) is 5.59. The highest BCUT2D eigenvalue weighted by Gasteiger charge is 2.60. The van der Waals surface area contributed by atoms with Crippen LogP contribution < -0.4 is 0 Å². The molecule has 0 heterocycles. The van der Waals surface area contributed by atoms with E-state index in [1.807, 2.05) is 39.0 Å². The van der Waals surface area contributed by atoms with Crippen molar-refractivity contribution in [3.63, 3.8) is 0 Å². The minimum Gasteiger partial charge on any atom is -0.223 e. The van der Waals surface area contributed by atoms with E-state index in [0.717, 1.165) is 5.56 Å². The molecule has 2 fully saturated rings. The summed E-state index contributed by atoms with van der Waals surface area (Å²) in [7, 11) is -6.70. The molecule has 0 aliphatic heterocycles. The molecule has 0 N–H and O–H groups in total. The van der Waals surface area contributed by atoms with Gasteiger partial charge in [-0.2, -0.15) is 0 Å². The number of hydrogen-bond donors (Lipinski definition) is 0. The van der Waals surface area contributed by atoms with Crippen LogP contribution >= 0.6 is 0 Å². The Morgan fingerprint density at radius 2 is 1.29 bits per heavy atom. The van der Waals surface area contributed by atoms with Crippen molar-refractivity contribution in [1.82, 2.24) is 0 Å². The number of benzene rings is 2. The summed E-state index contributed by atoms with van der Waals surface area (Å²) in [5.41, 5.74) is 0.977. The first-order valence-corrected chi connectivity index (χ1v) is 12.6. The summed E-state index contributed by atoms with van der Waals surface area (Å²) < 4.78 is 50.1. The largest absolute Gasteiger partial charge is 0.223 e. The topological polar surface area (TPSA) is 68.3 Å². The van der Waals surface area contributed by atoms with Gasteiger partial charge in [-0.25, -0.2) is 16.8 Å². The van der Waals surface area contributed by atoms with E-state index in [9.17, 15) is 16.8 Å². The van der Waals surface area contributed by atoms with Gasteiger partial charge in [-0.15, -0.1) is 0 Å². The van der Waals surface area contributed by atoms with E-state index < -0.39 is 29.2 Å². The van der Waals surface area contributed by atoms with Gasteiger partial charge < -0.3 is 0 Å².